The maximum atomic E-state index is 14.3. The van der Waals surface area contributed by atoms with E-state index in [-0.39, 0.29) is 11.9 Å². The Kier molecular flexibility index (Phi) is 6.68. The average Bonchev–Trinajstić information content (AvgIpc) is 3.42. The number of hydrogen-bond acceptors (Lipinski definition) is 4. The molecule has 1 saturated carbocycles. The Balaban J connectivity index is 1.47. The summed E-state index contributed by atoms with van der Waals surface area (Å²) in [6.07, 6.45) is 9.39. The number of carbonyl (C=O) groups is 2. The monoisotopic (exact) mass is 490 g/mol. The SMILES string of the molecule is Cc1cncc2c1c(C[C@H]1CCN(CC3CC(=O)C3)C1)cn2-c1ccc(F)cc1C(=O)N(C)C(C)C. The van der Waals surface area contributed by atoms with Gasteiger partial charge < -0.3 is 14.4 Å². The highest BCUT2D eigenvalue weighted by Crippen LogP contribution is 2.33. The number of benzene rings is 1. The van der Waals surface area contributed by atoms with Crippen LogP contribution >= 0.6 is 0 Å². The van der Waals surface area contributed by atoms with Gasteiger partial charge in [0, 0.05) is 56.8 Å². The standard InChI is InChI=1S/C29H35FN4O2/c1-18(2)32(4)29(36)25-12-23(30)5-6-26(25)34-17-22(28-19(3)13-31-14-27(28)34)9-20-7-8-33(15-20)16-21-10-24(35)11-21/h5-6,12-14,17-18,20-21H,7-11,15-16H2,1-4H3/t20-/m1/s1. The summed E-state index contributed by atoms with van der Waals surface area (Å²) in [5.41, 5.74) is 4.27. The van der Waals surface area contributed by atoms with Crippen LogP contribution in [0.4, 0.5) is 4.39 Å². The molecule has 2 fully saturated rings. The summed E-state index contributed by atoms with van der Waals surface area (Å²) in [5.74, 6) is 0.832. The number of nitrogens with zero attached hydrogens (tertiary/aromatic N) is 4. The highest BCUT2D eigenvalue weighted by Gasteiger charge is 2.32. The fourth-order valence-corrected chi connectivity index (χ4v) is 5.74. The Morgan fingerprint density at radius 2 is 2.00 bits per heavy atom. The fourth-order valence-electron chi connectivity index (χ4n) is 5.74. The van der Waals surface area contributed by atoms with E-state index in [1.807, 2.05) is 30.8 Å². The summed E-state index contributed by atoms with van der Waals surface area (Å²) in [4.78, 5) is 33.2. The average molecular weight is 491 g/mol. The molecule has 5 rings (SSSR count). The molecule has 1 aliphatic heterocycles. The van der Waals surface area contributed by atoms with Gasteiger partial charge in [0.15, 0.2) is 0 Å². The van der Waals surface area contributed by atoms with Crippen molar-refractivity contribution < 1.29 is 14.0 Å². The van der Waals surface area contributed by atoms with E-state index < -0.39 is 5.82 Å². The fraction of sp³-hybridized carbons (Fsp3) is 0.483. The molecule has 6 nitrogen and oxygen atoms in total. The Bertz CT molecular complexity index is 1310. The van der Waals surface area contributed by atoms with E-state index in [1.54, 1.807) is 18.0 Å². The Labute approximate surface area is 212 Å². The zero-order chi connectivity index (χ0) is 25.6. The van der Waals surface area contributed by atoms with Crippen molar-refractivity contribution in [2.75, 3.05) is 26.7 Å². The van der Waals surface area contributed by atoms with Crippen LogP contribution in [-0.4, -0.2) is 63.8 Å². The number of Topliss-reactive ketones (excluding diaryl/α,β-unsaturated/α-hetero) is 1. The number of likely N-dealkylation sites (tertiary alicyclic amines) is 1. The number of ketones is 1. The molecule has 1 aliphatic carbocycles. The van der Waals surface area contributed by atoms with Gasteiger partial charge in [-0.05, 0) is 81.3 Å². The Hall–Kier alpha value is -3.06. The van der Waals surface area contributed by atoms with Crippen molar-refractivity contribution in [2.45, 2.75) is 52.5 Å². The number of pyridine rings is 1. The number of rotatable bonds is 7. The highest BCUT2D eigenvalue weighted by atomic mass is 19.1. The van der Waals surface area contributed by atoms with Gasteiger partial charge in [0.05, 0.1) is 23.0 Å². The first-order valence-electron chi connectivity index (χ1n) is 13.0. The number of hydrogen-bond donors (Lipinski definition) is 0. The van der Waals surface area contributed by atoms with Gasteiger partial charge in [-0.1, -0.05) is 0 Å². The second-order valence-electron chi connectivity index (χ2n) is 11.0. The Morgan fingerprint density at radius 3 is 2.72 bits per heavy atom. The zero-order valence-electron chi connectivity index (χ0n) is 21.6. The van der Waals surface area contributed by atoms with Crippen LogP contribution in [0, 0.1) is 24.6 Å². The molecule has 2 aromatic heterocycles. The van der Waals surface area contributed by atoms with Crippen LogP contribution in [0.3, 0.4) is 0 Å². The third kappa shape index (κ3) is 4.69. The van der Waals surface area contributed by atoms with Gasteiger partial charge >= 0.3 is 0 Å². The second kappa shape index (κ2) is 9.77. The molecule has 7 heteroatoms. The lowest BCUT2D eigenvalue weighted by Crippen LogP contribution is -2.35. The van der Waals surface area contributed by atoms with Crippen LogP contribution in [0.1, 0.15) is 54.6 Å². The van der Waals surface area contributed by atoms with Crippen molar-refractivity contribution in [1.82, 2.24) is 19.4 Å². The van der Waals surface area contributed by atoms with E-state index in [0.29, 0.717) is 28.9 Å². The summed E-state index contributed by atoms with van der Waals surface area (Å²) < 4.78 is 16.3. The van der Waals surface area contributed by atoms with Crippen LogP contribution in [0.15, 0.2) is 36.8 Å². The van der Waals surface area contributed by atoms with Crippen LogP contribution in [-0.2, 0) is 11.2 Å². The van der Waals surface area contributed by atoms with Gasteiger partial charge in [-0.25, -0.2) is 4.39 Å². The van der Waals surface area contributed by atoms with Crippen LogP contribution < -0.4 is 0 Å². The summed E-state index contributed by atoms with van der Waals surface area (Å²) in [6.45, 7) is 9.11. The van der Waals surface area contributed by atoms with Crippen molar-refractivity contribution in [3.63, 3.8) is 0 Å². The minimum Gasteiger partial charge on any atom is -0.339 e. The van der Waals surface area contributed by atoms with E-state index in [2.05, 4.69) is 23.0 Å². The molecule has 0 unspecified atom stereocenters. The smallest absolute Gasteiger partial charge is 0.256 e. The first-order valence-corrected chi connectivity index (χ1v) is 13.0. The number of amides is 1. The minimum atomic E-state index is -0.426. The van der Waals surface area contributed by atoms with Crippen molar-refractivity contribution in [3.05, 3.63) is 59.3 Å². The number of fused-ring (bicyclic) bond motifs is 1. The van der Waals surface area contributed by atoms with E-state index in [9.17, 15) is 14.0 Å². The van der Waals surface area contributed by atoms with Gasteiger partial charge in [0.2, 0.25) is 0 Å². The molecule has 0 spiro atoms. The number of aromatic nitrogens is 2. The lowest BCUT2D eigenvalue weighted by molar-refractivity contribution is -0.127. The molecule has 3 heterocycles. The first-order chi connectivity index (χ1) is 17.2. The summed E-state index contributed by atoms with van der Waals surface area (Å²) in [5, 5.41) is 1.16. The van der Waals surface area contributed by atoms with Gasteiger partial charge in [-0.15, -0.1) is 0 Å². The predicted octanol–water partition coefficient (Wildman–Crippen LogP) is 4.80. The van der Waals surface area contributed by atoms with Gasteiger partial charge in [-0.2, -0.15) is 0 Å². The summed E-state index contributed by atoms with van der Waals surface area (Å²) in [7, 11) is 1.75. The molecule has 0 bridgehead atoms. The molecule has 3 aromatic rings. The zero-order valence-corrected chi connectivity index (χ0v) is 21.6. The third-order valence-corrected chi connectivity index (χ3v) is 7.95. The molecule has 1 saturated heterocycles. The van der Waals surface area contributed by atoms with Crippen LogP contribution in [0.5, 0.6) is 0 Å². The molecule has 0 N–H and O–H groups in total. The Morgan fingerprint density at radius 1 is 1.22 bits per heavy atom. The third-order valence-electron chi connectivity index (χ3n) is 7.95. The maximum Gasteiger partial charge on any atom is 0.256 e. The minimum absolute atomic E-state index is 0.00198. The topological polar surface area (TPSA) is 58.4 Å². The van der Waals surface area contributed by atoms with Crippen molar-refractivity contribution in [3.8, 4) is 5.69 Å². The van der Waals surface area contributed by atoms with E-state index in [4.69, 9.17) is 0 Å². The highest BCUT2D eigenvalue weighted by molar-refractivity contribution is 5.99. The van der Waals surface area contributed by atoms with Crippen molar-refractivity contribution >= 4 is 22.6 Å². The lowest BCUT2D eigenvalue weighted by atomic mass is 9.84. The van der Waals surface area contributed by atoms with E-state index >= 15 is 0 Å². The first kappa shape index (κ1) is 24.6. The molecule has 2 aliphatic rings. The lowest BCUT2D eigenvalue weighted by Gasteiger charge is -2.28. The molecule has 190 valence electrons. The molecule has 1 aromatic carbocycles. The molecule has 36 heavy (non-hydrogen) atoms. The van der Waals surface area contributed by atoms with Gasteiger partial charge in [0.1, 0.15) is 11.6 Å². The maximum absolute atomic E-state index is 14.3. The number of halogens is 1. The van der Waals surface area contributed by atoms with Crippen LogP contribution in [0.2, 0.25) is 0 Å². The molecule has 1 amide bonds. The number of carbonyl (C=O) groups excluding carboxylic acids is 2. The molecular formula is C29H35FN4O2. The second-order valence-corrected chi connectivity index (χ2v) is 11.0. The summed E-state index contributed by atoms with van der Waals surface area (Å²) >= 11 is 0. The molecular weight excluding hydrogens is 455 g/mol. The van der Waals surface area contributed by atoms with E-state index in [0.717, 1.165) is 61.8 Å². The summed E-state index contributed by atoms with van der Waals surface area (Å²) in [6, 6.07) is 4.44. The van der Waals surface area contributed by atoms with Crippen LogP contribution in [0.25, 0.3) is 16.6 Å². The quantitative estimate of drug-likeness (QED) is 0.478. The largest absolute Gasteiger partial charge is 0.339 e. The number of aryl methyl sites for hydroxylation is 1. The predicted molar refractivity (Wildman–Crippen MR) is 139 cm³/mol. The van der Waals surface area contributed by atoms with Gasteiger partial charge in [-0.3, -0.25) is 14.6 Å². The van der Waals surface area contributed by atoms with Gasteiger partial charge in [0.25, 0.3) is 5.91 Å². The van der Waals surface area contributed by atoms with E-state index in [1.165, 1.54) is 17.7 Å². The molecule has 1 atom stereocenters. The van der Waals surface area contributed by atoms with Crippen molar-refractivity contribution in [2.24, 2.45) is 11.8 Å². The molecule has 0 radical (unpaired) electrons. The normalized spacial score (nSPS) is 18.8. The van der Waals surface area contributed by atoms with Crippen molar-refractivity contribution in [1.29, 1.82) is 0 Å².